The molecule has 2 aromatic rings. The van der Waals surface area contributed by atoms with Crippen LogP contribution in [0.15, 0.2) is 60.7 Å². The molecule has 6 heteroatoms. The predicted molar refractivity (Wildman–Crippen MR) is 101 cm³/mol. The number of rotatable bonds is 7. The van der Waals surface area contributed by atoms with Crippen LogP contribution in [-0.2, 0) is 14.8 Å². The molecule has 0 aliphatic carbocycles. The third kappa shape index (κ3) is 5.06. The zero-order valence-corrected chi connectivity index (χ0v) is 15.5. The first-order chi connectivity index (χ1) is 11.8. The van der Waals surface area contributed by atoms with Crippen molar-refractivity contribution in [2.75, 3.05) is 17.1 Å². The highest BCUT2D eigenvalue weighted by atomic mass is 32.2. The highest BCUT2D eigenvalue weighted by molar-refractivity contribution is 7.92. The zero-order valence-electron chi connectivity index (χ0n) is 14.7. The number of sulfonamides is 1. The van der Waals surface area contributed by atoms with Crippen molar-refractivity contribution in [2.24, 2.45) is 0 Å². The van der Waals surface area contributed by atoms with Gasteiger partial charge in [-0.15, -0.1) is 0 Å². The van der Waals surface area contributed by atoms with Crippen molar-refractivity contribution in [3.63, 3.8) is 0 Å². The van der Waals surface area contributed by atoms with Crippen molar-refractivity contribution in [3.8, 4) is 0 Å². The molecule has 0 radical (unpaired) electrons. The number of carbonyl (C=O) groups excluding carboxylic acids is 1. The topological polar surface area (TPSA) is 66.5 Å². The molecule has 2 rings (SSSR count). The van der Waals surface area contributed by atoms with Gasteiger partial charge >= 0.3 is 0 Å². The summed E-state index contributed by atoms with van der Waals surface area (Å²) >= 11 is 0. The van der Waals surface area contributed by atoms with Crippen LogP contribution >= 0.6 is 0 Å². The van der Waals surface area contributed by atoms with Crippen LogP contribution in [0.25, 0.3) is 0 Å². The average molecular weight is 360 g/mol. The average Bonchev–Trinajstić information content (AvgIpc) is 2.60. The van der Waals surface area contributed by atoms with Gasteiger partial charge in [0.15, 0.2) is 0 Å². The number of carbonyl (C=O) groups is 1. The molecule has 25 heavy (non-hydrogen) atoms. The van der Waals surface area contributed by atoms with Crippen LogP contribution in [0.5, 0.6) is 0 Å². The summed E-state index contributed by atoms with van der Waals surface area (Å²) in [6.45, 7) is 4.06. The molecule has 0 unspecified atom stereocenters. The van der Waals surface area contributed by atoms with Crippen molar-refractivity contribution in [1.82, 2.24) is 5.32 Å². The molecule has 1 amide bonds. The molecule has 0 spiro atoms. The fourth-order valence-corrected chi connectivity index (χ4v) is 3.86. The van der Waals surface area contributed by atoms with Crippen LogP contribution in [0, 0.1) is 0 Å². The summed E-state index contributed by atoms with van der Waals surface area (Å²) in [7, 11) is -3.58. The fraction of sp³-hybridized carbons (Fsp3) is 0.316. The van der Waals surface area contributed by atoms with E-state index in [0.717, 1.165) is 16.1 Å². The molecule has 0 aromatic heterocycles. The molecule has 0 bridgehead atoms. The molecule has 2 atom stereocenters. The van der Waals surface area contributed by atoms with Gasteiger partial charge in [0.25, 0.3) is 0 Å². The van der Waals surface area contributed by atoms with Gasteiger partial charge in [0, 0.05) is 6.54 Å². The quantitative estimate of drug-likeness (QED) is 0.826. The number of anilines is 1. The summed E-state index contributed by atoms with van der Waals surface area (Å²) in [6, 6.07) is 17.7. The highest BCUT2D eigenvalue weighted by Crippen LogP contribution is 2.20. The first-order valence-electron chi connectivity index (χ1n) is 8.18. The second-order valence-electron chi connectivity index (χ2n) is 6.13. The minimum Gasteiger partial charge on any atom is -0.354 e. The number of hydrogen-bond acceptors (Lipinski definition) is 3. The molecular weight excluding hydrogens is 336 g/mol. The fourth-order valence-electron chi connectivity index (χ4n) is 2.68. The van der Waals surface area contributed by atoms with Crippen molar-refractivity contribution in [3.05, 3.63) is 66.2 Å². The number of hydrogen-bond donors (Lipinski definition) is 1. The van der Waals surface area contributed by atoms with E-state index in [2.05, 4.69) is 5.32 Å². The zero-order chi connectivity index (χ0) is 18.4. The molecule has 0 aliphatic heterocycles. The maximum atomic E-state index is 12.5. The SMILES string of the molecule is C[C@@H](CNC(=O)[C@H](C)N(c1ccccc1)S(C)(=O)=O)c1ccccc1. The normalized spacial score (nSPS) is 13.7. The molecule has 0 saturated carbocycles. The van der Waals surface area contributed by atoms with E-state index in [9.17, 15) is 13.2 Å². The first kappa shape index (κ1) is 19.0. The first-order valence-corrected chi connectivity index (χ1v) is 10.0. The maximum absolute atomic E-state index is 12.5. The lowest BCUT2D eigenvalue weighted by molar-refractivity contribution is -0.121. The van der Waals surface area contributed by atoms with E-state index in [1.165, 1.54) is 0 Å². The number of amides is 1. The van der Waals surface area contributed by atoms with Crippen molar-refractivity contribution in [2.45, 2.75) is 25.8 Å². The van der Waals surface area contributed by atoms with E-state index in [0.29, 0.717) is 12.2 Å². The molecular formula is C19H24N2O3S. The summed E-state index contributed by atoms with van der Waals surface area (Å²) in [6.07, 6.45) is 1.11. The second kappa shape index (κ2) is 8.16. The second-order valence-corrected chi connectivity index (χ2v) is 7.99. The van der Waals surface area contributed by atoms with Gasteiger partial charge in [-0.3, -0.25) is 9.10 Å². The monoisotopic (exact) mass is 360 g/mol. The summed E-state index contributed by atoms with van der Waals surface area (Å²) in [5.74, 6) is -0.183. The summed E-state index contributed by atoms with van der Waals surface area (Å²) < 4.78 is 25.5. The van der Waals surface area contributed by atoms with E-state index in [1.54, 1.807) is 37.3 Å². The minimum atomic E-state index is -3.58. The highest BCUT2D eigenvalue weighted by Gasteiger charge is 2.29. The van der Waals surface area contributed by atoms with Crippen LogP contribution in [0.3, 0.4) is 0 Å². The number of nitrogens with zero attached hydrogens (tertiary/aromatic N) is 1. The number of benzene rings is 2. The Kier molecular flexibility index (Phi) is 6.20. The van der Waals surface area contributed by atoms with Crippen LogP contribution in [0.2, 0.25) is 0 Å². The summed E-state index contributed by atoms with van der Waals surface area (Å²) in [4.78, 5) is 12.5. The lowest BCUT2D eigenvalue weighted by Crippen LogP contribution is -2.48. The lowest BCUT2D eigenvalue weighted by atomic mass is 10.0. The number of nitrogens with one attached hydrogen (secondary N) is 1. The smallest absolute Gasteiger partial charge is 0.243 e. The Morgan fingerprint density at radius 2 is 1.52 bits per heavy atom. The molecule has 0 heterocycles. The van der Waals surface area contributed by atoms with E-state index >= 15 is 0 Å². The van der Waals surface area contributed by atoms with Gasteiger partial charge in [-0.1, -0.05) is 55.5 Å². The lowest BCUT2D eigenvalue weighted by Gasteiger charge is -2.28. The van der Waals surface area contributed by atoms with E-state index in [-0.39, 0.29) is 11.8 Å². The van der Waals surface area contributed by atoms with Gasteiger partial charge in [0.1, 0.15) is 6.04 Å². The Balaban J connectivity index is 2.09. The van der Waals surface area contributed by atoms with E-state index in [4.69, 9.17) is 0 Å². The third-order valence-corrected chi connectivity index (χ3v) is 5.29. The van der Waals surface area contributed by atoms with Gasteiger partial charge in [0.05, 0.1) is 11.9 Å². The Hall–Kier alpha value is -2.34. The van der Waals surface area contributed by atoms with Gasteiger partial charge in [-0.2, -0.15) is 0 Å². The number of para-hydroxylation sites is 1. The summed E-state index contributed by atoms with van der Waals surface area (Å²) in [5.41, 5.74) is 1.60. The third-order valence-electron chi connectivity index (χ3n) is 4.05. The van der Waals surface area contributed by atoms with Crippen LogP contribution in [0.1, 0.15) is 25.3 Å². The summed E-state index contributed by atoms with van der Waals surface area (Å²) in [5, 5.41) is 2.86. The van der Waals surface area contributed by atoms with Gasteiger partial charge in [0.2, 0.25) is 15.9 Å². The Morgan fingerprint density at radius 3 is 2.04 bits per heavy atom. The van der Waals surface area contributed by atoms with Crippen molar-refractivity contribution in [1.29, 1.82) is 0 Å². The maximum Gasteiger partial charge on any atom is 0.243 e. The predicted octanol–water partition coefficient (Wildman–Crippen LogP) is 2.76. The molecule has 0 aliphatic rings. The Bertz CT molecular complexity index is 792. The molecule has 134 valence electrons. The van der Waals surface area contributed by atoms with E-state index < -0.39 is 16.1 Å². The van der Waals surface area contributed by atoms with Crippen molar-refractivity contribution < 1.29 is 13.2 Å². The van der Waals surface area contributed by atoms with Gasteiger partial charge < -0.3 is 5.32 Å². The Morgan fingerprint density at radius 1 is 1.00 bits per heavy atom. The van der Waals surface area contributed by atoms with Gasteiger partial charge in [-0.25, -0.2) is 8.42 Å². The van der Waals surface area contributed by atoms with E-state index in [1.807, 2.05) is 37.3 Å². The molecule has 1 N–H and O–H groups in total. The van der Waals surface area contributed by atoms with Crippen molar-refractivity contribution >= 4 is 21.6 Å². The largest absolute Gasteiger partial charge is 0.354 e. The van der Waals surface area contributed by atoms with Crippen LogP contribution in [-0.4, -0.2) is 33.2 Å². The molecule has 5 nitrogen and oxygen atoms in total. The Labute approximate surface area is 149 Å². The van der Waals surface area contributed by atoms with Crippen LogP contribution in [0.4, 0.5) is 5.69 Å². The molecule has 0 fully saturated rings. The minimum absolute atomic E-state index is 0.140. The molecule has 0 saturated heterocycles. The van der Waals surface area contributed by atoms with Crippen LogP contribution < -0.4 is 9.62 Å². The van der Waals surface area contributed by atoms with Gasteiger partial charge in [-0.05, 0) is 30.5 Å². The standard InChI is InChI=1S/C19H24N2O3S/c1-15(17-10-6-4-7-11-17)14-20-19(22)16(2)21(25(3,23)24)18-12-8-5-9-13-18/h4-13,15-16H,14H2,1-3H3,(H,20,22)/t15-,16-/m0/s1. The molecule has 2 aromatic carbocycles.